The third-order valence-electron chi connectivity index (χ3n) is 11.0. The van der Waals surface area contributed by atoms with Crippen molar-refractivity contribution in [2.45, 2.75) is 271 Å². The van der Waals surface area contributed by atoms with E-state index in [-0.39, 0.29) is 31.1 Å². The number of esters is 3. The van der Waals surface area contributed by atoms with E-state index in [0.29, 0.717) is 19.3 Å². The smallest absolute Gasteiger partial charge is 0.306 e. The maximum absolute atomic E-state index is 12.7. The second-order valence-corrected chi connectivity index (χ2v) is 16.7. The molecule has 0 radical (unpaired) electrons. The molecule has 0 rings (SSSR count). The Kier molecular flexibility index (Phi) is 44.9. The predicted octanol–water partition coefficient (Wildman–Crippen LogP) is 16.0. The van der Waals surface area contributed by atoms with Gasteiger partial charge in [-0.2, -0.15) is 0 Å². The SMILES string of the molecule is CCCCC/C=C\C/C=C\CCCCCCCC(=O)OCC(COC(=O)CCCCCCCCCCCCC)OC(=O)CCCCCCCCCCCCCCC. The molecule has 0 bridgehead atoms. The molecule has 0 heterocycles. The number of ether oxygens (including phenoxy) is 3. The summed E-state index contributed by atoms with van der Waals surface area (Å²) in [6.07, 6.45) is 51.5. The molecule has 1 unspecified atom stereocenters. The number of carbonyl (C=O) groups excluding carboxylic acids is 3. The van der Waals surface area contributed by atoms with Gasteiger partial charge in [-0.15, -0.1) is 0 Å². The van der Waals surface area contributed by atoms with Gasteiger partial charge in [0.1, 0.15) is 13.2 Å². The van der Waals surface area contributed by atoms with E-state index in [1.165, 1.54) is 148 Å². The van der Waals surface area contributed by atoms with Gasteiger partial charge < -0.3 is 14.2 Å². The Morgan fingerprint density at radius 1 is 0.351 bits per heavy atom. The van der Waals surface area contributed by atoms with E-state index in [1.807, 2.05) is 0 Å². The van der Waals surface area contributed by atoms with Crippen LogP contribution in [0.3, 0.4) is 0 Å². The van der Waals surface area contributed by atoms with Crippen LogP contribution < -0.4 is 0 Å². The molecule has 0 aromatic rings. The van der Waals surface area contributed by atoms with Crippen LogP contribution in [0.25, 0.3) is 0 Å². The zero-order chi connectivity index (χ0) is 41.5. The van der Waals surface area contributed by atoms with E-state index in [9.17, 15) is 14.4 Å². The van der Waals surface area contributed by atoms with Crippen molar-refractivity contribution in [3.8, 4) is 0 Å². The summed E-state index contributed by atoms with van der Waals surface area (Å²) in [5.41, 5.74) is 0. The molecule has 0 spiro atoms. The van der Waals surface area contributed by atoms with Gasteiger partial charge in [-0.25, -0.2) is 0 Å². The molecule has 0 aliphatic carbocycles. The molecule has 6 heteroatoms. The van der Waals surface area contributed by atoms with Crippen LogP contribution in [0, 0.1) is 0 Å². The van der Waals surface area contributed by atoms with Crippen LogP contribution in [-0.2, 0) is 28.6 Å². The predicted molar refractivity (Wildman–Crippen MR) is 243 cm³/mol. The first kappa shape index (κ1) is 54.9. The van der Waals surface area contributed by atoms with Crippen molar-refractivity contribution in [2.75, 3.05) is 13.2 Å². The van der Waals surface area contributed by atoms with Gasteiger partial charge in [-0.05, 0) is 51.4 Å². The van der Waals surface area contributed by atoms with Crippen molar-refractivity contribution in [3.05, 3.63) is 24.3 Å². The Labute approximate surface area is 353 Å². The van der Waals surface area contributed by atoms with Crippen LogP contribution in [0.5, 0.6) is 0 Å². The molecule has 0 aromatic heterocycles. The summed E-state index contributed by atoms with van der Waals surface area (Å²) in [4.78, 5) is 37.8. The Balaban J connectivity index is 4.36. The van der Waals surface area contributed by atoms with Gasteiger partial charge in [0.05, 0.1) is 0 Å². The van der Waals surface area contributed by atoms with Crippen molar-refractivity contribution in [1.82, 2.24) is 0 Å². The first-order valence-electron chi connectivity index (χ1n) is 24.8. The van der Waals surface area contributed by atoms with Crippen LogP contribution in [0.2, 0.25) is 0 Å². The van der Waals surface area contributed by atoms with Crippen LogP contribution in [0.1, 0.15) is 265 Å². The summed E-state index contributed by atoms with van der Waals surface area (Å²) in [6.45, 7) is 6.61. The highest BCUT2D eigenvalue weighted by atomic mass is 16.6. The topological polar surface area (TPSA) is 78.9 Å². The molecular formula is C51H94O6. The maximum Gasteiger partial charge on any atom is 0.306 e. The van der Waals surface area contributed by atoms with Gasteiger partial charge in [0.25, 0.3) is 0 Å². The minimum atomic E-state index is -0.769. The first-order valence-corrected chi connectivity index (χ1v) is 24.8. The fourth-order valence-electron chi connectivity index (χ4n) is 7.18. The highest BCUT2D eigenvalue weighted by Gasteiger charge is 2.19. The monoisotopic (exact) mass is 803 g/mol. The van der Waals surface area contributed by atoms with Crippen molar-refractivity contribution in [1.29, 1.82) is 0 Å². The van der Waals surface area contributed by atoms with Crippen molar-refractivity contribution >= 4 is 17.9 Å². The van der Waals surface area contributed by atoms with Gasteiger partial charge in [-0.1, -0.05) is 218 Å². The summed E-state index contributed by atoms with van der Waals surface area (Å²) in [6, 6.07) is 0. The van der Waals surface area contributed by atoms with E-state index in [1.54, 1.807) is 0 Å². The number of allylic oxidation sites excluding steroid dienone is 4. The summed E-state index contributed by atoms with van der Waals surface area (Å²) >= 11 is 0. The van der Waals surface area contributed by atoms with Gasteiger partial charge >= 0.3 is 17.9 Å². The van der Waals surface area contributed by atoms with Crippen LogP contribution in [0.4, 0.5) is 0 Å². The highest BCUT2D eigenvalue weighted by Crippen LogP contribution is 2.15. The standard InChI is InChI=1S/C51H94O6/c1-4-7-10-13-16-19-22-24-25-27-29-32-35-38-41-44-50(53)56-47-48(46-55-49(52)43-40-37-34-31-28-21-18-15-12-9-6-3)57-51(54)45-42-39-36-33-30-26-23-20-17-14-11-8-5-2/h16,19,24-25,48H,4-15,17-18,20-23,26-47H2,1-3H3/b19-16-,25-24-. The molecular weight excluding hydrogens is 709 g/mol. The molecule has 0 fully saturated rings. The van der Waals surface area contributed by atoms with Gasteiger partial charge in [0.2, 0.25) is 0 Å². The number of carbonyl (C=O) groups is 3. The lowest BCUT2D eigenvalue weighted by Gasteiger charge is -2.18. The van der Waals surface area contributed by atoms with E-state index in [4.69, 9.17) is 14.2 Å². The zero-order valence-corrected chi connectivity index (χ0v) is 38.1. The lowest BCUT2D eigenvalue weighted by atomic mass is 10.0. The number of hydrogen-bond acceptors (Lipinski definition) is 6. The second-order valence-electron chi connectivity index (χ2n) is 16.7. The zero-order valence-electron chi connectivity index (χ0n) is 38.1. The van der Waals surface area contributed by atoms with E-state index >= 15 is 0 Å². The Morgan fingerprint density at radius 2 is 0.632 bits per heavy atom. The third kappa shape index (κ3) is 44.8. The summed E-state index contributed by atoms with van der Waals surface area (Å²) in [5, 5.41) is 0. The van der Waals surface area contributed by atoms with Crippen LogP contribution in [-0.4, -0.2) is 37.2 Å². The van der Waals surface area contributed by atoms with Crippen LogP contribution in [0.15, 0.2) is 24.3 Å². The fourth-order valence-corrected chi connectivity index (χ4v) is 7.18. The quantitative estimate of drug-likeness (QED) is 0.0264. The number of unbranched alkanes of at least 4 members (excludes halogenated alkanes) is 30. The van der Waals surface area contributed by atoms with E-state index in [0.717, 1.165) is 77.0 Å². The lowest BCUT2D eigenvalue weighted by molar-refractivity contribution is -0.167. The average Bonchev–Trinajstić information content (AvgIpc) is 3.21. The summed E-state index contributed by atoms with van der Waals surface area (Å²) in [5.74, 6) is -0.875. The molecule has 0 N–H and O–H groups in total. The summed E-state index contributed by atoms with van der Waals surface area (Å²) in [7, 11) is 0. The highest BCUT2D eigenvalue weighted by molar-refractivity contribution is 5.71. The molecule has 0 saturated heterocycles. The fraction of sp³-hybridized carbons (Fsp3) is 0.863. The Bertz CT molecular complexity index is 927. The van der Waals surface area contributed by atoms with Crippen molar-refractivity contribution in [3.63, 3.8) is 0 Å². The van der Waals surface area contributed by atoms with E-state index in [2.05, 4.69) is 45.1 Å². The third-order valence-corrected chi connectivity index (χ3v) is 11.0. The first-order chi connectivity index (χ1) is 28.0. The van der Waals surface area contributed by atoms with Crippen molar-refractivity contribution in [2.24, 2.45) is 0 Å². The largest absolute Gasteiger partial charge is 0.462 e. The normalized spacial score (nSPS) is 12.1. The van der Waals surface area contributed by atoms with E-state index < -0.39 is 6.10 Å². The number of hydrogen-bond donors (Lipinski definition) is 0. The molecule has 0 aromatic carbocycles. The molecule has 0 saturated carbocycles. The lowest BCUT2D eigenvalue weighted by Crippen LogP contribution is -2.30. The Morgan fingerprint density at radius 3 is 1.00 bits per heavy atom. The molecule has 0 amide bonds. The van der Waals surface area contributed by atoms with Gasteiger partial charge in [0, 0.05) is 19.3 Å². The van der Waals surface area contributed by atoms with Gasteiger partial charge in [0.15, 0.2) is 6.10 Å². The molecule has 6 nitrogen and oxygen atoms in total. The Hall–Kier alpha value is -2.11. The molecule has 1 atom stereocenters. The molecule has 57 heavy (non-hydrogen) atoms. The van der Waals surface area contributed by atoms with Crippen molar-refractivity contribution < 1.29 is 28.6 Å². The summed E-state index contributed by atoms with van der Waals surface area (Å²) < 4.78 is 16.8. The van der Waals surface area contributed by atoms with Crippen LogP contribution >= 0.6 is 0 Å². The van der Waals surface area contributed by atoms with Gasteiger partial charge in [-0.3, -0.25) is 14.4 Å². The maximum atomic E-state index is 12.7. The minimum absolute atomic E-state index is 0.0712. The molecule has 0 aliphatic rings. The average molecular weight is 803 g/mol. The molecule has 334 valence electrons. The number of rotatable bonds is 45. The minimum Gasteiger partial charge on any atom is -0.462 e. The molecule has 0 aliphatic heterocycles. The second kappa shape index (κ2) is 46.6.